The Morgan fingerprint density at radius 1 is 1.09 bits per heavy atom. The van der Waals surface area contributed by atoms with Gasteiger partial charge in [-0.25, -0.2) is 9.59 Å². The van der Waals surface area contributed by atoms with Crippen molar-refractivity contribution in [3.05, 3.63) is 0 Å². The lowest BCUT2D eigenvalue weighted by Crippen LogP contribution is -2.55. The number of carbonyl (C=O) groups excluding carboxylic acids is 4. The maximum Gasteiger partial charge on any atom is 0.405 e. The lowest BCUT2D eigenvalue weighted by Gasteiger charge is -2.51. The zero-order chi connectivity index (χ0) is 32.8. The molecule has 1 aliphatic heterocycles. The fourth-order valence-corrected chi connectivity index (χ4v) is 9.54. The second kappa shape index (κ2) is 10.6. The van der Waals surface area contributed by atoms with E-state index in [0.717, 1.165) is 19.3 Å². The van der Waals surface area contributed by atoms with E-state index in [1.165, 1.54) is 0 Å². The van der Waals surface area contributed by atoms with Gasteiger partial charge in [0.15, 0.2) is 6.10 Å². The SMILES string of the molecule is CC(C)C1(OC(=O)C2C3CC4C(OC(=O)C42)C3OC(=O)COCC(=O)OC(C)C(F)(F)S(=O)(=O)O)CC2CCC1(C)C2(C)C. The first kappa shape index (κ1) is 33.0. The summed E-state index contributed by atoms with van der Waals surface area (Å²) in [7, 11) is -5.84. The molecule has 10 unspecified atom stereocenters. The van der Waals surface area contributed by atoms with Gasteiger partial charge in [0.05, 0.1) is 11.8 Å². The predicted molar refractivity (Wildman–Crippen MR) is 144 cm³/mol. The highest BCUT2D eigenvalue weighted by atomic mass is 32.2. The Morgan fingerprint density at radius 2 is 1.73 bits per heavy atom. The highest BCUT2D eigenvalue weighted by Gasteiger charge is 2.74. The van der Waals surface area contributed by atoms with Crippen LogP contribution in [0.2, 0.25) is 0 Å². The summed E-state index contributed by atoms with van der Waals surface area (Å²) in [4.78, 5) is 51.4. The van der Waals surface area contributed by atoms with Crippen LogP contribution in [0.3, 0.4) is 0 Å². The summed E-state index contributed by atoms with van der Waals surface area (Å²) in [5, 5.41) is -4.75. The summed E-state index contributed by atoms with van der Waals surface area (Å²) < 4.78 is 84.2. The maximum atomic E-state index is 14.0. The summed E-state index contributed by atoms with van der Waals surface area (Å²) in [6.07, 6.45) is -1.06. The maximum absolute atomic E-state index is 14.0. The van der Waals surface area contributed by atoms with Crippen LogP contribution in [-0.4, -0.2) is 79.2 Å². The van der Waals surface area contributed by atoms with E-state index in [0.29, 0.717) is 19.3 Å². The van der Waals surface area contributed by atoms with Gasteiger partial charge in [0.1, 0.15) is 31.0 Å². The Bertz CT molecular complexity index is 1350. The Morgan fingerprint density at radius 3 is 2.27 bits per heavy atom. The van der Waals surface area contributed by atoms with Gasteiger partial charge in [0, 0.05) is 17.3 Å². The Labute approximate surface area is 254 Å². The van der Waals surface area contributed by atoms with Gasteiger partial charge in [-0.3, -0.25) is 14.1 Å². The smallest absolute Gasteiger partial charge is 0.405 e. The minimum atomic E-state index is -5.84. The fraction of sp³-hybridized carbons (Fsp3) is 0.862. The van der Waals surface area contributed by atoms with E-state index in [1.54, 1.807) is 0 Å². The highest BCUT2D eigenvalue weighted by molar-refractivity contribution is 7.86. The first-order chi connectivity index (χ1) is 20.2. The average Bonchev–Trinajstić information content (AvgIpc) is 3.61. The molecule has 4 bridgehead atoms. The van der Waals surface area contributed by atoms with Crippen molar-refractivity contribution in [2.75, 3.05) is 13.2 Å². The van der Waals surface area contributed by atoms with Gasteiger partial charge in [-0.15, -0.1) is 0 Å². The third kappa shape index (κ3) is 4.66. The molecule has 1 saturated heterocycles. The van der Waals surface area contributed by atoms with Gasteiger partial charge < -0.3 is 23.7 Å². The molecular formula is C29H40F2O12S. The number of ether oxygens (including phenoxy) is 5. The number of fused-ring (bicyclic) bond motifs is 3. The summed E-state index contributed by atoms with van der Waals surface area (Å²) in [5.74, 6) is -5.37. The van der Waals surface area contributed by atoms with Crippen molar-refractivity contribution in [2.45, 2.75) is 96.4 Å². The minimum Gasteiger partial charge on any atom is -0.458 e. The predicted octanol–water partition coefficient (Wildman–Crippen LogP) is 2.92. The van der Waals surface area contributed by atoms with E-state index >= 15 is 0 Å². The summed E-state index contributed by atoms with van der Waals surface area (Å²) in [6, 6.07) is 0. The molecule has 0 aromatic rings. The first-order valence-corrected chi connectivity index (χ1v) is 16.4. The lowest BCUT2D eigenvalue weighted by atomic mass is 9.61. The van der Waals surface area contributed by atoms with E-state index in [9.17, 15) is 36.4 Å². The second-order valence-corrected chi connectivity index (χ2v) is 15.6. The quantitative estimate of drug-likeness (QED) is 0.197. The normalized spacial score (nSPS) is 39.0. The third-order valence-corrected chi connectivity index (χ3v) is 12.8. The van der Waals surface area contributed by atoms with Crippen molar-refractivity contribution in [3.8, 4) is 0 Å². The summed E-state index contributed by atoms with van der Waals surface area (Å²) >= 11 is 0. The molecule has 0 aromatic carbocycles. The Kier molecular flexibility index (Phi) is 7.93. The Hall–Kier alpha value is -2.39. The van der Waals surface area contributed by atoms with E-state index < -0.39 is 94.1 Å². The summed E-state index contributed by atoms with van der Waals surface area (Å²) in [5.41, 5.74) is -1.00. The molecule has 12 nitrogen and oxygen atoms in total. The van der Waals surface area contributed by atoms with Crippen molar-refractivity contribution in [1.82, 2.24) is 0 Å². The van der Waals surface area contributed by atoms with Crippen LogP contribution in [0.1, 0.15) is 67.2 Å². The van der Waals surface area contributed by atoms with E-state index in [2.05, 4.69) is 39.4 Å². The van der Waals surface area contributed by atoms with Crippen molar-refractivity contribution in [2.24, 2.45) is 46.3 Å². The zero-order valence-corrected chi connectivity index (χ0v) is 26.4. The molecule has 4 aliphatic carbocycles. The van der Waals surface area contributed by atoms with Crippen LogP contribution in [0.15, 0.2) is 0 Å². The molecule has 4 saturated carbocycles. The number of rotatable bonds is 11. The van der Waals surface area contributed by atoms with Gasteiger partial charge in [-0.2, -0.15) is 17.2 Å². The molecule has 0 radical (unpaired) electrons. The first-order valence-electron chi connectivity index (χ1n) is 14.9. The van der Waals surface area contributed by atoms with Crippen LogP contribution in [0.5, 0.6) is 0 Å². The van der Waals surface area contributed by atoms with Crippen LogP contribution in [-0.2, 0) is 53.0 Å². The Balaban J connectivity index is 1.22. The molecule has 1 heterocycles. The molecule has 0 amide bonds. The topological polar surface area (TPSA) is 169 Å². The van der Waals surface area contributed by atoms with Crippen molar-refractivity contribution in [1.29, 1.82) is 0 Å². The van der Waals surface area contributed by atoms with E-state index in [-0.39, 0.29) is 22.7 Å². The van der Waals surface area contributed by atoms with Crippen LogP contribution in [0.4, 0.5) is 8.78 Å². The summed E-state index contributed by atoms with van der Waals surface area (Å²) in [6.45, 7) is 9.51. The number of carbonyl (C=O) groups is 4. The van der Waals surface area contributed by atoms with Crippen LogP contribution < -0.4 is 0 Å². The molecule has 0 aromatic heterocycles. The van der Waals surface area contributed by atoms with Gasteiger partial charge in [0.2, 0.25) is 0 Å². The van der Waals surface area contributed by atoms with Gasteiger partial charge in [0.25, 0.3) is 0 Å². The third-order valence-electron chi connectivity index (χ3n) is 11.8. The van der Waals surface area contributed by atoms with Gasteiger partial charge in [-0.05, 0) is 49.9 Å². The van der Waals surface area contributed by atoms with Crippen molar-refractivity contribution < 1.29 is 64.6 Å². The lowest BCUT2D eigenvalue weighted by molar-refractivity contribution is -0.200. The standard InChI is InChI=1S/C29H40F2O12S/c1-13(2)28(10-15-7-8-27(28,6)26(15,4)5)43-25(35)21-17-9-16-20(21)24(34)42-23(16)22(17)41-19(33)12-39-11-18(32)40-14(3)29(30,31)44(36,37)38/h13-17,20-23H,7-12H2,1-6H3,(H,36,37,38). The molecule has 15 heteroatoms. The molecule has 1 N–H and O–H groups in total. The van der Waals surface area contributed by atoms with Crippen molar-refractivity contribution >= 4 is 34.0 Å². The molecule has 248 valence electrons. The largest absolute Gasteiger partial charge is 0.458 e. The fourth-order valence-electron chi connectivity index (χ4n) is 9.08. The van der Waals surface area contributed by atoms with Gasteiger partial charge >= 0.3 is 39.2 Å². The van der Waals surface area contributed by atoms with Crippen LogP contribution >= 0.6 is 0 Å². The molecule has 44 heavy (non-hydrogen) atoms. The van der Waals surface area contributed by atoms with Crippen LogP contribution in [0, 0.1) is 46.3 Å². The number of hydrogen-bond donors (Lipinski definition) is 1. The molecule has 5 fully saturated rings. The van der Waals surface area contributed by atoms with Crippen molar-refractivity contribution in [3.63, 3.8) is 0 Å². The average molecular weight is 651 g/mol. The molecule has 10 atom stereocenters. The number of halogens is 2. The zero-order valence-electron chi connectivity index (χ0n) is 25.5. The second-order valence-electron chi connectivity index (χ2n) is 14.1. The van der Waals surface area contributed by atoms with Gasteiger partial charge in [-0.1, -0.05) is 34.6 Å². The number of alkyl halides is 2. The van der Waals surface area contributed by atoms with E-state index in [1.807, 2.05) is 0 Å². The monoisotopic (exact) mass is 650 g/mol. The number of hydrogen-bond acceptors (Lipinski definition) is 11. The minimum absolute atomic E-state index is 0.0302. The molecule has 0 spiro atoms. The van der Waals surface area contributed by atoms with Crippen LogP contribution in [0.25, 0.3) is 0 Å². The highest BCUT2D eigenvalue weighted by Crippen LogP contribution is 2.73. The van der Waals surface area contributed by atoms with E-state index in [4.69, 9.17) is 23.5 Å². The molecular weight excluding hydrogens is 610 g/mol. The molecule has 5 aliphatic rings. The number of esters is 4. The molecule has 5 rings (SSSR count).